The molecule has 0 saturated carbocycles. The van der Waals surface area contributed by atoms with Gasteiger partial charge in [-0.3, -0.25) is 4.79 Å². The van der Waals surface area contributed by atoms with Crippen LogP contribution < -0.4 is 16.5 Å². The highest BCUT2D eigenvalue weighted by atomic mass is 16.3. The van der Waals surface area contributed by atoms with E-state index >= 15 is 0 Å². The molecule has 0 bridgehead atoms. The summed E-state index contributed by atoms with van der Waals surface area (Å²) in [7, 11) is 0. The number of fused-ring (bicyclic) bond motifs is 2. The summed E-state index contributed by atoms with van der Waals surface area (Å²) in [6, 6.07) is 14.8. The minimum atomic E-state index is -0.155. The van der Waals surface area contributed by atoms with Gasteiger partial charge in [0.15, 0.2) is 11.3 Å². The second kappa shape index (κ2) is 7.12. The summed E-state index contributed by atoms with van der Waals surface area (Å²) in [5.74, 6) is 0.481. The fourth-order valence-corrected chi connectivity index (χ4v) is 3.57. The van der Waals surface area contributed by atoms with Crippen LogP contribution in [0.1, 0.15) is 52.7 Å². The lowest BCUT2D eigenvalue weighted by Crippen LogP contribution is -2.17. The van der Waals surface area contributed by atoms with E-state index in [-0.39, 0.29) is 16.3 Å². The number of hydrogen-bond acceptors (Lipinski definition) is 5. The van der Waals surface area contributed by atoms with Crippen LogP contribution in [0.4, 0.5) is 17.1 Å². The second-order valence-electron chi connectivity index (χ2n) is 10.1. The minimum absolute atomic E-state index is 0.0222. The summed E-state index contributed by atoms with van der Waals surface area (Å²) in [6.07, 6.45) is 0. The molecule has 0 radical (unpaired) electrons. The third-order valence-electron chi connectivity index (χ3n) is 5.45. The number of nitrogens with one attached hydrogen (secondary N) is 1. The lowest BCUT2D eigenvalue weighted by Gasteiger charge is -2.26. The van der Waals surface area contributed by atoms with Crippen LogP contribution in [0.5, 0.6) is 0 Å². The van der Waals surface area contributed by atoms with Crippen LogP contribution in [0.15, 0.2) is 57.7 Å². The number of rotatable bonds is 2. The van der Waals surface area contributed by atoms with Crippen LogP contribution in [0, 0.1) is 0 Å². The average molecular weight is 416 g/mol. The Balaban J connectivity index is 1.92. The van der Waals surface area contributed by atoms with Crippen molar-refractivity contribution in [1.82, 2.24) is 4.98 Å². The average Bonchev–Trinajstić information content (AvgIpc) is 2.66. The first-order chi connectivity index (χ1) is 14.4. The topological polar surface area (TPSA) is 81.2 Å². The van der Waals surface area contributed by atoms with Crippen molar-refractivity contribution < 1.29 is 4.42 Å². The molecule has 1 heterocycles. The van der Waals surface area contributed by atoms with Crippen molar-refractivity contribution in [3.63, 3.8) is 0 Å². The maximum Gasteiger partial charge on any atom is 0.205 e. The summed E-state index contributed by atoms with van der Waals surface area (Å²) in [6.45, 7) is 13.1. The normalized spacial score (nSPS) is 12.5. The Bertz CT molecular complexity index is 1290. The smallest absolute Gasteiger partial charge is 0.205 e. The van der Waals surface area contributed by atoms with Gasteiger partial charge in [-0.05, 0) is 52.8 Å². The number of benzene rings is 3. The zero-order chi connectivity index (χ0) is 22.6. The molecule has 2 aromatic rings. The number of aromatic nitrogens is 1. The quantitative estimate of drug-likeness (QED) is 0.300. The van der Waals surface area contributed by atoms with Gasteiger partial charge in [-0.25, -0.2) is 4.98 Å². The van der Waals surface area contributed by atoms with Crippen LogP contribution in [-0.2, 0) is 10.8 Å². The molecule has 0 unspecified atom stereocenters. The van der Waals surface area contributed by atoms with Crippen LogP contribution in [0.3, 0.4) is 0 Å². The first-order valence-electron chi connectivity index (χ1n) is 10.5. The Morgan fingerprint density at radius 2 is 1.58 bits per heavy atom. The van der Waals surface area contributed by atoms with Gasteiger partial charge in [0.05, 0.1) is 5.69 Å². The molecule has 0 atom stereocenters. The summed E-state index contributed by atoms with van der Waals surface area (Å²) in [5.41, 5.74) is 11.8. The summed E-state index contributed by atoms with van der Waals surface area (Å²) in [4.78, 5) is 17.6. The Labute approximate surface area is 182 Å². The van der Waals surface area contributed by atoms with E-state index in [4.69, 9.17) is 15.1 Å². The summed E-state index contributed by atoms with van der Waals surface area (Å²) in [5, 5.41) is 3.16. The largest absolute Gasteiger partial charge is 0.452 e. The minimum Gasteiger partial charge on any atom is -0.452 e. The van der Waals surface area contributed by atoms with Crippen molar-refractivity contribution in [2.45, 2.75) is 52.4 Å². The van der Waals surface area contributed by atoms with E-state index in [0.29, 0.717) is 22.8 Å². The van der Waals surface area contributed by atoms with Gasteiger partial charge in [-0.1, -0.05) is 47.6 Å². The molecule has 2 aliphatic rings. The molecule has 3 N–H and O–H groups in total. The third-order valence-corrected chi connectivity index (χ3v) is 5.45. The molecular formula is C26H29N3O2. The number of nitrogens with two attached hydrogens (primary N) is 1. The molecule has 0 aromatic heterocycles. The SMILES string of the molecule is CC(C)(C)c1cc(C(C)(C)C)c2oc3cc(=O)c(Nc4ccc(N)cc4)cc-3nc2c1. The molecule has 4 rings (SSSR count). The van der Waals surface area contributed by atoms with Crippen LogP contribution in [0.2, 0.25) is 0 Å². The van der Waals surface area contributed by atoms with Crippen molar-refractivity contribution in [1.29, 1.82) is 0 Å². The fourth-order valence-electron chi connectivity index (χ4n) is 3.57. The summed E-state index contributed by atoms with van der Waals surface area (Å²) >= 11 is 0. The van der Waals surface area contributed by atoms with Gasteiger partial charge in [0.1, 0.15) is 11.2 Å². The zero-order valence-corrected chi connectivity index (χ0v) is 19.0. The Kier molecular flexibility index (Phi) is 4.80. The van der Waals surface area contributed by atoms with Crippen LogP contribution >= 0.6 is 0 Å². The third kappa shape index (κ3) is 4.13. The predicted octanol–water partition coefficient (Wildman–Crippen LogP) is 6.21. The van der Waals surface area contributed by atoms with E-state index in [1.54, 1.807) is 18.2 Å². The van der Waals surface area contributed by atoms with Gasteiger partial charge in [0.2, 0.25) is 5.43 Å². The number of hydrogen-bond donors (Lipinski definition) is 2. The van der Waals surface area contributed by atoms with E-state index < -0.39 is 0 Å². The van der Waals surface area contributed by atoms with E-state index in [9.17, 15) is 4.79 Å². The first kappa shape index (κ1) is 20.9. The molecule has 0 spiro atoms. The van der Waals surface area contributed by atoms with Crippen LogP contribution in [-0.4, -0.2) is 4.98 Å². The van der Waals surface area contributed by atoms with Crippen LogP contribution in [0.25, 0.3) is 22.6 Å². The van der Waals surface area contributed by atoms with Crippen molar-refractivity contribution in [2.24, 2.45) is 0 Å². The van der Waals surface area contributed by atoms with Crippen molar-refractivity contribution in [2.75, 3.05) is 11.1 Å². The number of nitrogens with zero attached hydrogens (tertiary/aromatic N) is 1. The molecule has 5 nitrogen and oxygen atoms in total. The first-order valence-corrected chi connectivity index (χ1v) is 10.5. The molecule has 1 aliphatic carbocycles. The molecule has 1 aliphatic heterocycles. The Morgan fingerprint density at radius 3 is 2.19 bits per heavy atom. The molecule has 0 fully saturated rings. The van der Waals surface area contributed by atoms with E-state index in [2.05, 4.69) is 59.0 Å². The Hall–Kier alpha value is -3.34. The van der Waals surface area contributed by atoms with Gasteiger partial charge >= 0.3 is 0 Å². The fraction of sp³-hybridized carbons (Fsp3) is 0.308. The lowest BCUT2D eigenvalue weighted by molar-refractivity contribution is 0.546. The number of anilines is 3. The Morgan fingerprint density at radius 1 is 0.903 bits per heavy atom. The zero-order valence-electron chi connectivity index (χ0n) is 19.0. The highest BCUT2D eigenvalue weighted by Crippen LogP contribution is 2.37. The van der Waals surface area contributed by atoms with Gasteiger partial charge in [-0.15, -0.1) is 0 Å². The predicted molar refractivity (Wildman–Crippen MR) is 128 cm³/mol. The van der Waals surface area contributed by atoms with E-state index in [1.165, 1.54) is 11.6 Å². The van der Waals surface area contributed by atoms with Crippen molar-refractivity contribution in [3.8, 4) is 11.5 Å². The molecule has 5 heteroatoms. The molecule has 31 heavy (non-hydrogen) atoms. The molecule has 2 aromatic carbocycles. The van der Waals surface area contributed by atoms with Crippen molar-refractivity contribution >= 4 is 28.2 Å². The second-order valence-corrected chi connectivity index (χ2v) is 10.1. The highest BCUT2D eigenvalue weighted by Gasteiger charge is 2.25. The monoisotopic (exact) mass is 415 g/mol. The molecule has 160 valence electrons. The summed E-state index contributed by atoms with van der Waals surface area (Å²) < 4.78 is 6.27. The lowest BCUT2D eigenvalue weighted by atomic mass is 9.80. The van der Waals surface area contributed by atoms with Gasteiger partial charge in [-0.2, -0.15) is 0 Å². The van der Waals surface area contributed by atoms with Gasteiger partial charge < -0.3 is 15.5 Å². The van der Waals surface area contributed by atoms with Crippen molar-refractivity contribution in [3.05, 3.63) is 69.9 Å². The molecular weight excluding hydrogens is 386 g/mol. The molecule has 0 saturated heterocycles. The maximum atomic E-state index is 12.7. The van der Waals surface area contributed by atoms with Gasteiger partial charge in [0, 0.05) is 23.0 Å². The van der Waals surface area contributed by atoms with E-state index in [1.807, 2.05) is 12.1 Å². The standard InChI is InChI=1S/C26H29N3O2/c1-25(2,3)15-11-18(26(4,5)6)24-21(12-15)29-20-13-19(22(30)14-23(20)31-24)28-17-9-7-16(27)8-10-17/h7-14,28H,27H2,1-6H3. The van der Waals surface area contributed by atoms with Gasteiger partial charge in [0.25, 0.3) is 0 Å². The highest BCUT2D eigenvalue weighted by molar-refractivity contribution is 5.82. The number of nitrogen functional groups attached to an aromatic ring is 1. The van der Waals surface area contributed by atoms with E-state index in [0.717, 1.165) is 22.4 Å². The molecule has 0 amide bonds. The maximum absolute atomic E-state index is 12.7.